The number of carbonyl (C=O) groups excluding carboxylic acids is 1. The van der Waals surface area contributed by atoms with Crippen LogP contribution in [0.5, 0.6) is 0 Å². The summed E-state index contributed by atoms with van der Waals surface area (Å²) in [5, 5.41) is 6.67. The summed E-state index contributed by atoms with van der Waals surface area (Å²) in [4.78, 5) is 16.3. The molecule has 0 unspecified atom stereocenters. The first-order valence-corrected chi connectivity index (χ1v) is 7.72. The van der Waals surface area contributed by atoms with Gasteiger partial charge in [-0.05, 0) is 46.9 Å². The third-order valence-electron chi connectivity index (χ3n) is 3.01. The molecule has 1 aromatic heterocycles. The van der Waals surface area contributed by atoms with E-state index < -0.39 is 0 Å². The van der Waals surface area contributed by atoms with Crippen molar-refractivity contribution < 1.29 is 9.32 Å². The van der Waals surface area contributed by atoms with Crippen molar-refractivity contribution >= 4 is 28.5 Å². The fourth-order valence-corrected chi connectivity index (χ4v) is 2.25. The van der Waals surface area contributed by atoms with E-state index in [2.05, 4.69) is 38.0 Å². The summed E-state index contributed by atoms with van der Waals surface area (Å²) in [5.74, 6) is 0.715. The Morgan fingerprint density at radius 2 is 1.82 bits per heavy atom. The molecule has 0 aliphatic heterocycles. The van der Waals surface area contributed by atoms with E-state index in [1.807, 2.05) is 42.5 Å². The van der Waals surface area contributed by atoms with Gasteiger partial charge in [-0.15, -0.1) is 0 Å². The zero-order valence-electron chi connectivity index (χ0n) is 11.5. The Morgan fingerprint density at radius 3 is 2.55 bits per heavy atom. The highest BCUT2D eigenvalue weighted by atomic mass is 127. The van der Waals surface area contributed by atoms with Gasteiger partial charge in [-0.25, -0.2) is 0 Å². The van der Waals surface area contributed by atoms with E-state index in [4.69, 9.17) is 4.52 Å². The van der Waals surface area contributed by atoms with Crippen molar-refractivity contribution in [3.05, 3.63) is 69.6 Å². The fourth-order valence-electron chi connectivity index (χ4n) is 1.89. The van der Waals surface area contributed by atoms with E-state index in [0.717, 1.165) is 9.13 Å². The van der Waals surface area contributed by atoms with E-state index >= 15 is 0 Å². The van der Waals surface area contributed by atoms with Gasteiger partial charge in [0.2, 0.25) is 11.7 Å². The Bertz CT molecular complexity index is 770. The third-order valence-corrected chi connectivity index (χ3v) is 3.73. The van der Waals surface area contributed by atoms with Crippen LogP contribution >= 0.6 is 22.6 Å². The first-order valence-electron chi connectivity index (χ1n) is 6.64. The monoisotopic (exact) mass is 405 g/mol. The summed E-state index contributed by atoms with van der Waals surface area (Å²) in [7, 11) is 0. The number of aromatic nitrogens is 2. The number of halogens is 1. The molecule has 0 aliphatic rings. The zero-order chi connectivity index (χ0) is 15.4. The Kier molecular flexibility index (Phi) is 4.47. The Balaban J connectivity index is 1.64. The predicted octanol–water partition coefficient (Wildman–Crippen LogP) is 3.27. The van der Waals surface area contributed by atoms with Crippen LogP contribution in [0.2, 0.25) is 0 Å². The fraction of sp³-hybridized carbons (Fsp3) is 0.0625. The normalized spacial score (nSPS) is 10.4. The third kappa shape index (κ3) is 3.51. The average Bonchev–Trinajstić information content (AvgIpc) is 3.03. The lowest BCUT2D eigenvalue weighted by molar-refractivity contribution is 0.0946. The summed E-state index contributed by atoms with van der Waals surface area (Å²) in [5.41, 5.74) is 1.48. The number of hydrogen-bond acceptors (Lipinski definition) is 4. The molecule has 0 fully saturated rings. The van der Waals surface area contributed by atoms with E-state index in [-0.39, 0.29) is 12.5 Å². The minimum atomic E-state index is -0.170. The van der Waals surface area contributed by atoms with Gasteiger partial charge in [0.1, 0.15) is 0 Å². The maximum atomic E-state index is 12.0. The average molecular weight is 405 g/mol. The summed E-state index contributed by atoms with van der Waals surface area (Å²) in [6, 6.07) is 16.9. The molecule has 1 heterocycles. The smallest absolute Gasteiger partial charge is 0.251 e. The van der Waals surface area contributed by atoms with Crippen LogP contribution in [-0.2, 0) is 6.54 Å². The number of carbonyl (C=O) groups is 1. The summed E-state index contributed by atoms with van der Waals surface area (Å²) >= 11 is 2.19. The van der Waals surface area contributed by atoms with E-state index in [1.165, 1.54) is 0 Å². The summed E-state index contributed by atoms with van der Waals surface area (Å²) in [6.07, 6.45) is 0. The molecule has 6 heteroatoms. The molecule has 110 valence electrons. The molecule has 0 spiro atoms. The quantitative estimate of drug-likeness (QED) is 0.677. The molecule has 1 amide bonds. The minimum Gasteiger partial charge on any atom is -0.343 e. The highest BCUT2D eigenvalue weighted by molar-refractivity contribution is 14.1. The minimum absolute atomic E-state index is 0.170. The van der Waals surface area contributed by atoms with Crippen molar-refractivity contribution in [3.8, 4) is 11.4 Å². The molecule has 0 aliphatic carbocycles. The zero-order valence-corrected chi connectivity index (χ0v) is 13.6. The van der Waals surface area contributed by atoms with Crippen molar-refractivity contribution in [2.75, 3.05) is 0 Å². The second-order valence-electron chi connectivity index (χ2n) is 4.57. The first-order chi connectivity index (χ1) is 10.7. The van der Waals surface area contributed by atoms with Gasteiger partial charge < -0.3 is 9.84 Å². The highest BCUT2D eigenvalue weighted by Crippen LogP contribution is 2.14. The molecule has 22 heavy (non-hydrogen) atoms. The van der Waals surface area contributed by atoms with Crippen LogP contribution < -0.4 is 5.32 Å². The van der Waals surface area contributed by atoms with Crippen LogP contribution in [0.25, 0.3) is 11.4 Å². The van der Waals surface area contributed by atoms with Gasteiger partial charge in [0.15, 0.2) is 0 Å². The van der Waals surface area contributed by atoms with E-state index in [9.17, 15) is 4.79 Å². The van der Waals surface area contributed by atoms with Crippen molar-refractivity contribution in [1.29, 1.82) is 0 Å². The Hall–Kier alpha value is -2.22. The SMILES string of the molecule is O=C(NCc1nc(-c2ccccc2)no1)c1ccc(I)cc1. The lowest BCUT2D eigenvalue weighted by Crippen LogP contribution is -2.22. The number of benzene rings is 2. The number of nitrogens with zero attached hydrogens (tertiary/aromatic N) is 2. The second kappa shape index (κ2) is 6.69. The highest BCUT2D eigenvalue weighted by Gasteiger charge is 2.10. The van der Waals surface area contributed by atoms with Crippen molar-refractivity contribution in [2.45, 2.75) is 6.54 Å². The second-order valence-corrected chi connectivity index (χ2v) is 5.81. The van der Waals surface area contributed by atoms with E-state index in [1.54, 1.807) is 12.1 Å². The van der Waals surface area contributed by atoms with Crippen molar-refractivity contribution in [2.24, 2.45) is 0 Å². The van der Waals surface area contributed by atoms with Crippen molar-refractivity contribution in [1.82, 2.24) is 15.5 Å². The molecule has 5 nitrogen and oxygen atoms in total. The van der Waals surface area contributed by atoms with Crippen LogP contribution in [0.1, 0.15) is 16.2 Å². The number of amides is 1. The maximum absolute atomic E-state index is 12.0. The van der Waals surface area contributed by atoms with E-state index in [0.29, 0.717) is 17.3 Å². The van der Waals surface area contributed by atoms with Crippen LogP contribution in [0.4, 0.5) is 0 Å². The number of nitrogens with one attached hydrogen (secondary N) is 1. The number of hydrogen-bond donors (Lipinski definition) is 1. The van der Waals surface area contributed by atoms with Crippen molar-refractivity contribution in [3.63, 3.8) is 0 Å². The molecule has 0 atom stereocenters. The molecule has 0 saturated carbocycles. The van der Waals surface area contributed by atoms with Gasteiger partial charge in [-0.3, -0.25) is 4.79 Å². The molecule has 3 aromatic rings. The first kappa shape index (κ1) is 14.7. The molecule has 2 aromatic carbocycles. The largest absolute Gasteiger partial charge is 0.343 e. The molecule has 0 radical (unpaired) electrons. The van der Waals surface area contributed by atoms with Crippen LogP contribution in [0, 0.1) is 3.57 Å². The molecule has 0 saturated heterocycles. The Labute approximate surface area is 140 Å². The molecular weight excluding hydrogens is 393 g/mol. The van der Waals surface area contributed by atoms with Crippen LogP contribution in [0.15, 0.2) is 59.1 Å². The summed E-state index contributed by atoms with van der Waals surface area (Å²) in [6.45, 7) is 0.199. The summed E-state index contributed by atoms with van der Waals surface area (Å²) < 4.78 is 6.23. The van der Waals surface area contributed by atoms with Crippen LogP contribution in [0.3, 0.4) is 0 Å². The lowest BCUT2D eigenvalue weighted by atomic mass is 10.2. The van der Waals surface area contributed by atoms with Gasteiger partial charge >= 0.3 is 0 Å². The molecule has 0 bridgehead atoms. The molecule has 1 N–H and O–H groups in total. The predicted molar refractivity (Wildman–Crippen MR) is 90.1 cm³/mol. The maximum Gasteiger partial charge on any atom is 0.251 e. The lowest BCUT2D eigenvalue weighted by Gasteiger charge is -2.02. The van der Waals surface area contributed by atoms with Crippen LogP contribution in [-0.4, -0.2) is 16.0 Å². The molecular formula is C16H12IN3O2. The molecule has 3 rings (SSSR count). The Morgan fingerprint density at radius 1 is 1.09 bits per heavy atom. The van der Waals surface area contributed by atoms with Gasteiger partial charge in [0.25, 0.3) is 5.91 Å². The van der Waals surface area contributed by atoms with Gasteiger partial charge in [0.05, 0.1) is 6.54 Å². The standard InChI is InChI=1S/C16H12IN3O2/c17-13-8-6-12(7-9-13)16(21)18-10-14-19-15(20-22-14)11-4-2-1-3-5-11/h1-9H,10H2,(H,18,21). The van der Waals surface area contributed by atoms with Gasteiger partial charge in [0, 0.05) is 14.7 Å². The topological polar surface area (TPSA) is 68.0 Å². The van der Waals surface area contributed by atoms with Gasteiger partial charge in [-0.2, -0.15) is 4.98 Å². The number of rotatable bonds is 4. The van der Waals surface area contributed by atoms with Gasteiger partial charge in [-0.1, -0.05) is 35.5 Å².